The van der Waals surface area contributed by atoms with Crippen molar-refractivity contribution in [3.8, 4) is 0 Å². The highest BCUT2D eigenvalue weighted by Crippen LogP contribution is 2.43. The Kier molecular flexibility index (Phi) is 3.71. The summed E-state index contributed by atoms with van der Waals surface area (Å²) < 4.78 is 0. The van der Waals surface area contributed by atoms with Crippen molar-refractivity contribution in [2.75, 3.05) is 19.7 Å². The highest BCUT2D eigenvalue weighted by molar-refractivity contribution is 5.85. The lowest BCUT2D eigenvalue weighted by atomic mass is 9.77. The van der Waals surface area contributed by atoms with E-state index in [2.05, 4.69) is 41.1 Å². The van der Waals surface area contributed by atoms with Crippen LogP contribution in [-0.4, -0.2) is 34.7 Å². The topological polar surface area (TPSA) is 39.3 Å². The average molecular weight is 298 g/mol. The summed E-state index contributed by atoms with van der Waals surface area (Å²) in [4.78, 5) is 6.36. The van der Waals surface area contributed by atoms with Crippen LogP contribution in [0.5, 0.6) is 0 Å². The number of para-hydroxylation sites is 1. The van der Waals surface area contributed by atoms with Crippen LogP contribution in [0.3, 0.4) is 0 Å². The summed E-state index contributed by atoms with van der Waals surface area (Å²) in [6.07, 6.45) is 4.69. The largest absolute Gasteiger partial charge is 0.396 e. The molecule has 4 rings (SSSR count). The Morgan fingerprint density at radius 1 is 1.32 bits per heavy atom. The fraction of sp³-hybridized carbons (Fsp3) is 0.579. The zero-order valence-corrected chi connectivity index (χ0v) is 13.4. The van der Waals surface area contributed by atoms with Gasteiger partial charge in [0.25, 0.3) is 0 Å². The fourth-order valence-electron chi connectivity index (χ4n) is 4.68. The quantitative estimate of drug-likeness (QED) is 0.910. The van der Waals surface area contributed by atoms with Crippen LogP contribution in [0.15, 0.2) is 24.3 Å². The molecular weight excluding hydrogens is 272 g/mol. The van der Waals surface area contributed by atoms with Crippen LogP contribution < -0.4 is 0 Å². The number of aliphatic hydroxyl groups is 1. The number of aliphatic hydroxyl groups excluding tert-OH is 1. The normalized spacial score (nSPS) is 26.6. The first kappa shape index (κ1) is 14.3. The summed E-state index contributed by atoms with van der Waals surface area (Å²) in [5, 5.41) is 11.1. The second-order valence-electron chi connectivity index (χ2n) is 7.00. The van der Waals surface area contributed by atoms with Crippen molar-refractivity contribution < 1.29 is 5.11 Å². The Balaban J connectivity index is 1.69. The summed E-state index contributed by atoms with van der Waals surface area (Å²) >= 11 is 0. The van der Waals surface area contributed by atoms with Gasteiger partial charge in [0.1, 0.15) is 0 Å². The van der Waals surface area contributed by atoms with E-state index in [0.717, 1.165) is 12.8 Å². The molecule has 1 fully saturated rings. The Morgan fingerprint density at radius 3 is 3.00 bits per heavy atom. The molecule has 2 aliphatic heterocycles. The third kappa shape index (κ3) is 2.19. The van der Waals surface area contributed by atoms with Gasteiger partial charge in [-0.05, 0) is 49.3 Å². The van der Waals surface area contributed by atoms with Crippen LogP contribution in [0, 0.1) is 11.8 Å². The number of hydrogen-bond donors (Lipinski definition) is 2. The van der Waals surface area contributed by atoms with E-state index in [9.17, 15) is 5.11 Å². The molecule has 0 aliphatic carbocycles. The average Bonchev–Trinajstić information content (AvgIpc) is 2.95. The predicted octanol–water partition coefficient (Wildman–Crippen LogP) is 3.50. The van der Waals surface area contributed by atoms with Crippen molar-refractivity contribution in [3.05, 3.63) is 35.5 Å². The van der Waals surface area contributed by atoms with Gasteiger partial charge in [-0.3, -0.25) is 4.90 Å². The lowest BCUT2D eigenvalue weighted by Gasteiger charge is -2.44. The molecule has 1 aromatic heterocycles. The van der Waals surface area contributed by atoms with E-state index < -0.39 is 0 Å². The second kappa shape index (κ2) is 5.71. The SMILES string of the molecule is CC[C@H](CO)[C@@H]1CCN2CCc3c([nH]c4ccccc34)[C@@H]2C1. The molecule has 118 valence electrons. The Hall–Kier alpha value is -1.32. The van der Waals surface area contributed by atoms with Crippen LogP contribution >= 0.6 is 0 Å². The third-order valence-electron chi connectivity index (χ3n) is 6.01. The number of hydrogen-bond acceptors (Lipinski definition) is 2. The molecule has 2 aromatic rings. The molecule has 2 N–H and O–H groups in total. The number of fused-ring (bicyclic) bond motifs is 5. The van der Waals surface area contributed by atoms with Crippen molar-refractivity contribution in [1.29, 1.82) is 0 Å². The summed E-state index contributed by atoms with van der Waals surface area (Å²) in [5.41, 5.74) is 4.27. The number of nitrogens with one attached hydrogen (secondary N) is 1. The van der Waals surface area contributed by atoms with Crippen LogP contribution in [0.2, 0.25) is 0 Å². The first-order valence-electron chi connectivity index (χ1n) is 8.76. The molecule has 3 heterocycles. The number of aromatic nitrogens is 1. The molecule has 0 amide bonds. The summed E-state index contributed by atoms with van der Waals surface area (Å²) in [5.74, 6) is 1.13. The highest BCUT2D eigenvalue weighted by atomic mass is 16.3. The highest BCUT2D eigenvalue weighted by Gasteiger charge is 2.37. The van der Waals surface area contributed by atoms with Crippen molar-refractivity contribution >= 4 is 10.9 Å². The van der Waals surface area contributed by atoms with Gasteiger partial charge in [-0.15, -0.1) is 0 Å². The first-order chi connectivity index (χ1) is 10.8. The van der Waals surface area contributed by atoms with Gasteiger partial charge in [-0.2, -0.15) is 0 Å². The van der Waals surface area contributed by atoms with E-state index in [1.165, 1.54) is 48.1 Å². The van der Waals surface area contributed by atoms with Crippen LogP contribution in [-0.2, 0) is 6.42 Å². The van der Waals surface area contributed by atoms with Crippen molar-refractivity contribution in [2.24, 2.45) is 11.8 Å². The molecule has 1 saturated heterocycles. The Morgan fingerprint density at radius 2 is 2.18 bits per heavy atom. The van der Waals surface area contributed by atoms with E-state index in [4.69, 9.17) is 0 Å². The van der Waals surface area contributed by atoms with E-state index >= 15 is 0 Å². The Labute approximate surface area is 132 Å². The molecule has 0 spiro atoms. The monoisotopic (exact) mass is 298 g/mol. The van der Waals surface area contributed by atoms with Gasteiger partial charge in [0.2, 0.25) is 0 Å². The zero-order valence-electron chi connectivity index (χ0n) is 13.4. The molecule has 1 aromatic carbocycles. The molecule has 3 heteroatoms. The van der Waals surface area contributed by atoms with E-state index in [0.29, 0.717) is 24.5 Å². The van der Waals surface area contributed by atoms with E-state index in [-0.39, 0.29) is 0 Å². The van der Waals surface area contributed by atoms with Crippen molar-refractivity contribution in [3.63, 3.8) is 0 Å². The number of rotatable bonds is 3. The fourth-order valence-corrected chi connectivity index (χ4v) is 4.68. The van der Waals surface area contributed by atoms with Gasteiger partial charge >= 0.3 is 0 Å². The van der Waals surface area contributed by atoms with Crippen molar-refractivity contribution in [1.82, 2.24) is 9.88 Å². The molecule has 0 bridgehead atoms. The minimum atomic E-state index is 0.341. The summed E-state index contributed by atoms with van der Waals surface area (Å²) in [6, 6.07) is 9.23. The van der Waals surface area contributed by atoms with Crippen molar-refractivity contribution in [2.45, 2.75) is 38.6 Å². The predicted molar refractivity (Wildman–Crippen MR) is 89.9 cm³/mol. The summed E-state index contributed by atoms with van der Waals surface area (Å²) in [7, 11) is 0. The first-order valence-corrected chi connectivity index (χ1v) is 8.76. The number of nitrogens with zero attached hydrogens (tertiary/aromatic N) is 1. The molecular formula is C19H26N2O. The lowest BCUT2D eigenvalue weighted by molar-refractivity contribution is 0.0557. The number of piperidine rings is 1. The number of aromatic amines is 1. The van der Waals surface area contributed by atoms with Crippen LogP contribution in [0.25, 0.3) is 10.9 Å². The van der Waals surface area contributed by atoms with Crippen LogP contribution in [0.4, 0.5) is 0 Å². The van der Waals surface area contributed by atoms with Crippen LogP contribution in [0.1, 0.15) is 43.5 Å². The van der Waals surface area contributed by atoms with E-state index in [1.54, 1.807) is 0 Å². The molecule has 2 aliphatic rings. The van der Waals surface area contributed by atoms with Gasteiger partial charge in [0, 0.05) is 29.7 Å². The van der Waals surface area contributed by atoms with E-state index in [1.807, 2.05) is 0 Å². The Bertz CT molecular complexity index is 658. The molecule has 22 heavy (non-hydrogen) atoms. The molecule has 0 unspecified atom stereocenters. The van der Waals surface area contributed by atoms with Gasteiger partial charge in [0.15, 0.2) is 0 Å². The maximum atomic E-state index is 9.66. The molecule has 3 atom stereocenters. The van der Waals surface area contributed by atoms with Gasteiger partial charge in [-0.1, -0.05) is 31.5 Å². The smallest absolute Gasteiger partial charge is 0.0504 e. The number of benzene rings is 1. The zero-order chi connectivity index (χ0) is 15.1. The lowest BCUT2D eigenvalue weighted by Crippen LogP contribution is -2.43. The maximum Gasteiger partial charge on any atom is 0.0504 e. The summed E-state index contributed by atoms with van der Waals surface area (Å²) in [6.45, 7) is 4.92. The molecule has 0 radical (unpaired) electrons. The minimum Gasteiger partial charge on any atom is -0.396 e. The molecule has 0 saturated carbocycles. The maximum absolute atomic E-state index is 9.66. The standard InChI is InChI=1S/C19H26N2O/c1-2-13(12-22)14-7-9-21-10-8-16-15-5-3-4-6-17(15)20-19(16)18(21)11-14/h3-6,13-14,18,20,22H,2,7-12H2,1H3/t13-,14-,18+/m1/s1. The van der Waals surface area contributed by atoms with Gasteiger partial charge in [0.05, 0.1) is 6.04 Å². The minimum absolute atomic E-state index is 0.341. The van der Waals surface area contributed by atoms with Gasteiger partial charge < -0.3 is 10.1 Å². The van der Waals surface area contributed by atoms with Gasteiger partial charge in [-0.25, -0.2) is 0 Å². The second-order valence-corrected chi connectivity index (χ2v) is 7.00. The third-order valence-corrected chi connectivity index (χ3v) is 6.01. The number of H-pyrrole nitrogens is 1. The molecule has 3 nitrogen and oxygen atoms in total.